The molecule has 0 rings (SSSR count). The van der Waals surface area contributed by atoms with Crippen LogP contribution >= 0.6 is 0 Å². The minimum absolute atomic E-state index is 1.56. The van der Waals surface area contributed by atoms with Crippen molar-refractivity contribution in [1.82, 2.24) is 0 Å². The number of hydrogen-bond donors (Lipinski definition) is 0. The summed E-state index contributed by atoms with van der Waals surface area (Å²) in [5.41, 5.74) is 0. The highest BCUT2D eigenvalue weighted by Crippen LogP contribution is 1.43. The molecule has 0 heterocycles. The van der Waals surface area contributed by atoms with E-state index in [0.29, 0.717) is 0 Å². The van der Waals surface area contributed by atoms with Crippen LogP contribution in [-0.4, -0.2) is 0 Å². The molecule has 0 aliphatic carbocycles. The molecule has 0 aliphatic rings. The predicted molar refractivity (Wildman–Crippen MR) is 22.2 cm³/mol. The summed E-state index contributed by atoms with van der Waals surface area (Å²) >= 11 is 0. The predicted octanol–water partition coefficient (Wildman–Crippen LogP) is 0.147. The first-order valence-corrected chi connectivity index (χ1v) is 1.26. The van der Waals surface area contributed by atoms with Crippen LogP contribution < -0.4 is 0 Å². The molecule has 0 bridgehead atoms. The van der Waals surface area contributed by atoms with Crippen molar-refractivity contribution in [2.45, 2.75) is 0 Å². The summed E-state index contributed by atoms with van der Waals surface area (Å²) in [5, 5.41) is 7.68. The van der Waals surface area contributed by atoms with Crippen LogP contribution in [0.2, 0.25) is 0 Å². The van der Waals surface area contributed by atoms with Gasteiger partial charge in [0.2, 0.25) is 0 Å². The van der Waals surface area contributed by atoms with E-state index in [0.717, 1.165) is 0 Å². The molecule has 6 heavy (non-hydrogen) atoms. The van der Waals surface area contributed by atoms with Gasteiger partial charge < -0.3 is 0 Å². The Labute approximate surface area is 36.6 Å². The summed E-state index contributed by atoms with van der Waals surface area (Å²) in [6, 6.07) is 1.56. The van der Waals surface area contributed by atoms with Crippen LogP contribution in [0.25, 0.3) is 0 Å². The van der Waals surface area contributed by atoms with Crippen molar-refractivity contribution < 1.29 is 0 Å². The number of nitriles is 1. The van der Waals surface area contributed by atoms with Crippen molar-refractivity contribution in [2.24, 2.45) is 0 Å². The fourth-order valence-corrected chi connectivity index (χ4v) is 0.0640. The van der Waals surface area contributed by atoms with E-state index in [1.165, 1.54) is 0 Å². The van der Waals surface area contributed by atoms with Crippen LogP contribution in [0.15, 0.2) is 0 Å². The third-order valence-electron chi connectivity index (χ3n) is 0.191. The Balaban J connectivity index is 3.60. The van der Waals surface area contributed by atoms with Crippen LogP contribution in [-0.2, 0) is 0 Å². The van der Waals surface area contributed by atoms with E-state index in [9.17, 15) is 0 Å². The van der Waals surface area contributed by atoms with Gasteiger partial charge in [0.15, 0.2) is 6.07 Å². The van der Waals surface area contributed by atoms with Crippen molar-refractivity contribution in [2.75, 3.05) is 0 Å². The minimum atomic E-state index is 1.56. The molecule has 0 saturated carbocycles. The maximum atomic E-state index is 7.68. The Bertz CT molecular complexity index is 137. The molecular formula is C5HN. The van der Waals surface area contributed by atoms with Crippen molar-refractivity contribution in [3.05, 3.63) is 0 Å². The third kappa shape index (κ3) is 2.61. The molecular weight excluding hydrogens is 74.1 g/mol. The van der Waals surface area contributed by atoms with Crippen LogP contribution in [0, 0.1) is 35.5 Å². The second-order valence-electron chi connectivity index (χ2n) is 0.506. The van der Waals surface area contributed by atoms with Crippen LogP contribution in [0.1, 0.15) is 0 Å². The molecule has 0 spiro atoms. The van der Waals surface area contributed by atoms with Gasteiger partial charge in [-0.1, -0.05) is 0 Å². The standard InChI is InChI=1S/C5HN/c1-2-3-4-5-6/h1H. The largest absolute Gasteiger partial charge is 0.183 e. The van der Waals surface area contributed by atoms with E-state index in [4.69, 9.17) is 5.26 Å². The van der Waals surface area contributed by atoms with E-state index in [1.54, 1.807) is 6.07 Å². The highest BCUT2D eigenvalue weighted by molar-refractivity contribution is 5.29. The average Bonchev–Trinajstić information content (AvgIpc) is 1.61. The lowest BCUT2D eigenvalue weighted by Crippen LogP contribution is -1.42. The molecule has 0 aromatic heterocycles. The van der Waals surface area contributed by atoms with Crippen LogP contribution in [0.4, 0.5) is 0 Å². The fraction of sp³-hybridized carbons (Fsp3) is 0. The summed E-state index contributed by atoms with van der Waals surface area (Å²) in [6.07, 6.45) is 4.64. The van der Waals surface area contributed by atoms with E-state index in [-0.39, 0.29) is 0 Å². The van der Waals surface area contributed by atoms with E-state index in [2.05, 4.69) is 12.3 Å². The summed E-state index contributed by atoms with van der Waals surface area (Å²) < 4.78 is 0. The van der Waals surface area contributed by atoms with Crippen molar-refractivity contribution in [3.63, 3.8) is 0 Å². The molecule has 26 valence electrons. The van der Waals surface area contributed by atoms with E-state index in [1.807, 2.05) is 11.8 Å². The van der Waals surface area contributed by atoms with E-state index < -0.39 is 0 Å². The zero-order chi connectivity index (χ0) is 4.83. The summed E-state index contributed by atoms with van der Waals surface area (Å²) in [5.74, 6) is 6.12. The van der Waals surface area contributed by atoms with Crippen LogP contribution in [0.3, 0.4) is 0 Å². The van der Waals surface area contributed by atoms with Gasteiger partial charge in [-0.25, -0.2) is 0 Å². The molecule has 0 amide bonds. The molecule has 0 atom stereocenters. The van der Waals surface area contributed by atoms with Gasteiger partial charge in [-0.05, 0) is 5.92 Å². The third-order valence-corrected chi connectivity index (χ3v) is 0.191. The lowest BCUT2D eigenvalue weighted by molar-refractivity contribution is 1.55. The molecule has 0 fully saturated rings. The van der Waals surface area contributed by atoms with Gasteiger partial charge >= 0.3 is 0 Å². The lowest BCUT2D eigenvalue weighted by Gasteiger charge is -1.40. The lowest BCUT2D eigenvalue weighted by atomic mass is 10.6. The van der Waals surface area contributed by atoms with Gasteiger partial charge in [-0.2, -0.15) is 5.26 Å². The van der Waals surface area contributed by atoms with Gasteiger partial charge in [-0.3, -0.25) is 0 Å². The maximum absolute atomic E-state index is 7.68. The molecule has 0 aromatic carbocycles. The molecule has 1 nitrogen and oxygen atoms in total. The van der Waals surface area contributed by atoms with Gasteiger partial charge in [0, 0.05) is 11.8 Å². The second-order valence-corrected chi connectivity index (χ2v) is 0.506. The van der Waals surface area contributed by atoms with Gasteiger partial charge in [-0.15, -0.1) is 6.42 Å². The topological polar surface area (TPSA) is 23.8 Å². The Hall–Kier alpha value is -1.39. The molecule has 0 saturated heterocycles. The zero-order valence-corrected chi connectivity index (χ0v) is 3.02. The molecule has 0 unspecified atom stereocenters. The Morgan fingerprint density at radius 2 is 2.00 bits per heavy atom. The number of rotatable bonds is 0. The van der Waals surface area contributed by atoms with Gasteiger partial charge in [0.25, 0.3) is 0 Å². The Morgan fingerprint density at radius 3 is 2.17 bits per heavy atom. The average molecular weight is 75.1 g/mol. The van der Waals surface area contributed by atoms with Crippen molar-refractivity contribution >= 4 is 0 Å². The van der Waals surface area contributed by atoms with E-state index >= 15 is 0 Å². The molecule has 0 radical (unpaired) electrons. The quantitative estimate of drug-likeness (QED) is 0.376. The molecule has 0 N–H and O–H groups in total. The van der Waals surface area contributed by atoms with Gasteiger partial charge in [0.1, 0.15) is 0 Å². The normalized spacial score (nSPS) is 3.00. The number of hydrogen-bond acceptors (Lipinski definition) is 1. The summed E-state index contributed by atoms with van der Waals surface area (Å²) in [6.45, 7) is 0. The smallest absolute Gasteiger partial charge is 0.153 e. The SMILES string of the molecule is C#CC#CC#N. The Morgan fingerprint density at radius 1 is 1.33 bits per heavy atom. The van der Waals surface area contributed by atoms with Crippen LogP contribution in [0.5, 0.6) is 0 Å². The molecule has 1 heteroatoms. The van der Waals surface area contributed by atoms with Gasteiger partial charge in [0.05, 0.1) is 0 Å². The highest BCUT2D eigenvalue weighted by Gasteiger charge is 1.45. The number of terminal acetylenes is 1. The summed E-state index contributed by atoms with van der Waals surface area (Å²) in [4.78, 5) is 0. The summed E-state index contributed by atoms with van der Waals surface area (Å²) in [7, 11) is 0. The van der Waals surface area contributed by atoms with Crippen molar-refractivity contribution in [3.8, 4) is 30.3 Å². The minimum Gasteiger partial charge on any atom is -0.183 e. The second kappa shape index (κ2) is 3.61. The molecule has 0 aliphatic heterocycles. The monoisotopic (exact) mass is 75.0 g/mol. The zero-order valence-electron chi connectivity index (χ0n) is 3.02. The van der Waals surface area contributed by atoms with Crippen molar-refractivity contribution in [1.29, 1.82) is 5.26 Å². The first-order chi connectivity index (χ1) is 2.91. The first-order valence-electron chi connectivity index (χ1n) is 1.26. The number of nitrogens with zero attached hydrogens (tertiary/aromatic N) is 1. The maximum Gasteiger partial charge on any atom is 0.153 e. The highest BCUT2D eigenvalue weighted by atomic mass is 14.2. The molecule has 0 aromatic rings. The first kappa shape index (κ1) is 4.61. The fourth-order valence-electron chi connectivity index (χ4n) is 0.0640. The Kier molecular flexibility index (Phi) is 2.77.